The summed E-state index contributed by atoms with van der Waals surface area (Å²) in [5.41, 5.74) is 0.346. The normalized spacial score (nSPS) is 17.4. The topological polar surface area (TPSA) is 105 Å². The van der Waals surface area contributed by atoms with E-state index < -0.39 is 21.8 Å². The highest BCUT2D eigenvalue weighted by Crippen LogP contribution is 2.35. The summed E-state index contributed by atoms with van der Waals surface area (Å²) in [7, 11) is -3.82. The van der Waals surface area contributed by atoms with Crippen LogP contribution in [0.1, 0.15) is 43.4 Å². The number of carbonyl (C=O) groups is 1. The lowest BCUT2D eigenvalue weighted by Gasteiger charge is -2.31. The van der Waals surface area contributed by atoms with Gasteiger partial charge in [-0.1, -0.05) is 25.1 Å². The third kappa shape index (κ3) is 4.99. The Hall–Kier alpha value is -2.63. The van der Waals surface area contributed by atoms with Gasteiger partial charge in [0.25, 0.3) is 0 Å². The number of carbonyl (C=O) groups excluding carboxylic acids is 1. The molecule has 3 aromatic rings. The van der Waals surface area contributed by atoms with Crippen molar-refractivity contribution in [3.05, 3.63) is 46.9 Å². The number of aryl methyl sites for hydroxylation is 1. The molecule has 1 amide bonds. The molecular formula is C22H25FN4O4S2. The summed E-state index contributed by atoms with van der Waals surface area (Å²) in [6.07, 6.45) is 1.11. The van der Waals surface area contributed by atoms with E-state index in [0.29, 0.717) is 46.5 Å². The maximum absolute atomic E-state index is 13.4. The SMILES string of the molecule is Cc1sc(-c2noc(C(C)C)n2)cc1S(=O)(=O)N1CCC[C@H](C(=O)Nc2cccc(F)c2)C1. The third-order valence-electron chi connectivity index (χ3n) is 5.49. The number of nitrogens with zero attached hydrogens (tertiary/aromatic N) is 3. The first-order valence-electron chi connectivity index (χ1n) is 10.7. The summed E-state index contributed by atoms with van der Waals surface area (Å²) < 4.78 is 46.9. The van der Waals surface area contributed by atoms with Crippen LogP contribution in [0, 0.1) is 18.7 Å². The van der Waals surface area contributed by atoms with Crippen LogP contribution >= 0.6 is 11.3 Å². The summed E-state index contributed by atoms with van der Waals surface area (Å²) in [4.78, 5) is 18.5. The van der Waals surface area contributed by atoms with Gasteiger partial charge >= 0.3 is 0 Å². The third-order valence-corrected chi connectivity index (χ3v) is 8.66. The molecule has 0 radical (unpaired) electrons. The van der Waals surface area contributed by atoms with Crippen LogP contribution in [0.4, 0.5) is 10.1 Å². The van der Waals surface area contributed by atoms with Crippen LogP contribution < -0.4 is 5.32 Å². The standard InChI is InChI=1S/C22H25FN4O4S2/c1-13(2)22-25-20(26-31-22)18-11-19(14(3)32-18)33(29,30)27-9-5-6-15(12-27)21(28)24-17-8-4-7-16(23)10-17/h4,7-8,10-11,13,15H,5-6,9,12H2,1-3H3,(H,24,28)/t15-/m0/s1. The second-order valence-electron chi connectivity index (χ2n) is 8.34. The number of piperidine rings is 1. The molecule has 2 aromatic heterocycles. The Bertz CT molecular complexity index is 1270. The van der Waals surface area contributed by atoms with Gasteiger partial charge in [0, 0.05) is 29.6 Å². The highest BCUT2D eigenvalue weighted by molar-refractivity contribution is 7.89. The van der Waals surface area contributed by atoms with E-state index in [4.69, 9.17) is 4.52 Å². The second kappa shape index (κ2) is 9.32. The predicted octanol–water partition coefficient (Wildman–Crippen LogP) is 4.41. The van der Waals surface area contributed by atoms with Crippen molar-refractivity contribution in [1.82, 2.24) is 14.4 Å². The summed E-state index contributed by atoms with van der Waals surface area (Å²) in [6.45, 7) is 6.00. The van der Waals surface area contributed by atoms with Gasteiger partial charge in [0.2, 0.25) is 27.6 Å². The van der Waals surface area contributed by atoms with Crippen molar-refractivity contribution in [1.29, 1.82) is 0 Å². The zero-order valence-corrected chi connectivity index (χ0v) is 20.2. The van der Waals surface area contributed by atoms with Crippen molar-refractivity contribution in [2.24, 2.45) is 5.92 Å². The van der Waals surface area contributed by atoms with E-state index in [0.717, 1.165) is 0 Å². The van der Waals surface area contributed by atoms with Crippen molar-refractivity contribution in [3.8, 4) is 10.7 Å². The number of hydrogen-bond acceptors (Lipinski definition) is 7. The minimum absolute atomic E-state index is 0.0633. The molecule has 0 bridgehead atoms. The number of halogens is 1. The van der Waals surface area contributed by atoms with Gasteiger partial charge in [-0.25, -0.2) is 12.8 Å². The Morgan fingerprint density at radius 1 is 1.33 bits per heavy atom. The van der Waals surface area contributed by atoms with Crippen molar-refractivity contribution >= 4 is 33.0 Å². The predicted molar refractivity (Wildman–Crippen MR) is 123 cm³/mol. The van der Waals surface area contributed by atoms with Crippen molar-refractivity contribution < 1.29 is 22.1 Å². The first kappa shape index (κ1) is 23.5. The number of nitrogens with one attached hydrogen (secondary N) is 1. The number of thiophene rings is 1. The maximum atomic E-state index is 13.4. The molecule has 0 unspecified atom stereocenters. The molecule has 1 aliphatic rings. The summed E-state index contributed by atoms with van der Waals surface area (Å²) in [6, 6.07) is 7.19. The molecule has 176 valence electrons. The van der Waals surface area contributed by atoms with Gasteiger partial charge in [0.05, 0.1) is 15.7 Å². The summed E-state index contributed by atoms with van der Waals surface area (Å²) in [5.74, 6) is -0.383. The second-order valence-corrected chi connectivity index (χ2v) is 11.5. The van der Waals surface area contributed by atoms with Gasteiger partial charge in [0.1, 0.15) is 5.82 Å². The van der Waals surface area contributed by atoms with Crippen LogP contribution in [0.15, 0.2) is 39.8 Å². The number of amides is 1. The Kier molecular flexibility index (Phi) is 6.64. The Morgan fingerprint density at radius 3 is 2.82 bits per heavy atom. The Balaban J connectivity index is 1.52. The molecule has 1 aliphatic heterocycles. The smallest absolute Gasteiger partial charge is 0.244 e. The minimum atomic E-state index is -3.82. The lowest BCUT2D eigenvalue weighted by Crippen LogP contribution is -2.43. The number of anilines is 1. The number of aromatic nitrogens is 2. The van der Waals surface area contributed by atoms with Crippen LogP contribution in [0.3, 0.4) is 0 Å². The highest BCUT2D eigenvalue weighted by atomic mass is 32.2. The molecule has 1 atom stereocenters. The van der Waals surface area contributed by atoms with Crippen molar-refractivity contribution in [2.75, 3.05) is 18.4 Å². The maximum Gasteiger partial charge on any atom is 0.244 e. The lowest BCUT2D eigenvalue weighted by molar-refractivity contribution is -0.120. The molecule has 8 nitrogen and oxygen atoms in total. The average Bonchev–Trinajstić information content (AvgIpc) is 3.41. The number of benzene rings is 1. The van der Waals surface area contributed by atoms with E-state index in [1.807, 2.05) is 13.8 Å². The van der Waals surface area contributed by atoms with E-state index in [9.17, 15) is 17.6 Å². The molecule has 1 N–H and O–H groups in total. The van der Waals surface area contributed by atoms with E-state index in [1.54, 1.807) is 19.1 Å². The van der Waals surface area contributed by atoms with Crippen molar-refractivity contribution in [2.45, 2.75) is 44.4 Å². The molecule has 0 spiro atoms. The molecule has 3 heterocycles. The van der Waals surface area contributed by atoms with E-state index in [-0.39, 0.29) is 23.3 Å². The number of rotatable bonds is 6. The van der Waals surface area contributed by atoms with Crippen LogP contribution in [0.25, 0.3) is 10.7 Å². The molecule has 4 rings (SSSR count). The van der Waals surface area contributed by atoms with Gasteiger partial charge in [-0.15, -0.1) is 11.3 Å². The number of hydrogen-bond donors (Lipinski definition) is 1. The fraction of sp³-hybridized carbons (Fsp3) is 0.409. The van der Waals surface area contributed by atoms with Gasteiger partial charge in [-0.3, -0.25) is 4.79 Å². The van der Waals surface area contributed by atoms with Gasteiger partial charge in [-0.05, 0) is 44.0 Å². The summed E-state index contributed by atoms with van der Waals surface area (Å²) in [5, 5.41) is 6.66. The Morgan fingerprint density at radius 2 is 2.12 bits per heavy atom. The summed E-state index contributed by atoms with van der Waals surface area (Å²) >= 11 is 1.29. The molecule has 1 fully saturated rings. The van der Waals surface area contributed by atoms with E-state index in [2.05, 4.69) is 15.5 Å². The highest BCUT2D eigenvalue weighted by Gasteiger charge is 2.35. The Labute approximate surface area is 195 Å². The fourth-order valence-electron chi connectivity index (χ4n) is 3.73. The first-order valence-corrected chi connectivity index (χ1v) is 12.9. The van der Waals surface area contributed by atoms with Crippen LogP contribution in [0.2, 0.25) is 0 Å². The van der Waals surface area contributed by atoms with E-state index >= 15 is 0 Å². The zero-order valence-electron chi connectivity index (χ0n) is 18.5. The lowest BCUT2D eigenvalue weighted by atomic mass is 9.99. The molecule has 33 heavy (non-hydrogen) atoms. The minimum Gasteiger partial charge on any atom is -0.339 e. The molecule has 1 aromatic carbocycles. The van der Waals surface area contributed by atoms with Crippen LogP contribution in [0.5, 0.6) is 0 Å². The molecule has 0 aliphatic carbocycles. The molecule has 11 heteroatoms. The molecular weight excluding hydrogens is 467 g/mol. The first-order chi connectivity index (χ1) is 15.6. The van der Waals surface area contributed by atoms with Crippen LogP contribution in [-0.2, 0) is 14.8 Å². The molecule has 1 saturated heterocycles. The monoisotopic (exact) mass is 492 g/mol. The average molecular weight is 493 g/mol. The van der Waals surface area contributed by atoms with Crippen LogP contribution in [-0.4, -0.2) is 41.9 Å². The van der Waals surface area contributed by atoms with Gasteiger partial charge in [-0.2, -0.15) is 9.29 Å². The number of sulfonamides is 1. The van der Waals surface area contributed by atoms with Gasteiger partial charge in [0.15, 0.2) is 0 Å². The molecule has 0 saturated carbocycles. The van der Waals surface area contributed by atoms with Gasteiger partial charge < -0.3 is 9.84 Å². The zero-order chi connectivity index (χ0) is 23.8. The fourth-order valence-corrected chi connectivity index (χ4v) is 6.74. The quantitative estimate of drug-likeness (QED) is 0.547. The largest absolute Gasteiger partial charge is 0.339 e. The van der Waals surface area contributed by atoms with E-state index in [1.165, 1.54) is 33.8 Å². The van der Waals surface area contributed by atoms with Crippen molar-refractivity contribution in [3.63, 3.8) is 0 Å².